The summed E-state index contributed by atoms with van der Waals surface area (Å²) in [6.07, 6.45) is 4.55. The Labute approximate surface area is 150 Å². The van der Waals surface area contributed by atoms with Crippen LogP contribution in [-0.2, 0) is 0 Å². The van der Waals surface area contributed by atoms with Crippen molar-refractivity contribution in [1.82, 2.24) is 9.88 Å². The van der Waals surface area contributed by atoms with Crippen LogP contribution in [0.5, 0.6) is 0 Å². The van der Waals surface area contributed by atoms with Gasteiger partial charge in [-0.15, -0.1) is 0 Å². The quantitative estimate of drug-likeness (QED) is 0.789. The number of rotatable bonds is 3. The Morgan fingerprint density at radius 1 is 1.44 bits per heavy atom. The van der Waals surface area contributed by atoms with E-state index < -0.39 is 0 Å². The molecule has 0 radical (unpaired) electrons. The van der Waals surface area contributed by atoms with E-state index in [9.17, 15) is 10.1 Å². The summed E-state index contributed by atoms with van der Waals surface area (Å²) in [6.45, 7) is 3.25. The number of carbonyl (C=O) groups is 1. The summed E-state index contributed by atoms with van der Waals surface area (Å²) in [5, 5.41) is 10.1. The van der Waals surface area contributed by atoms with Gasteiger partial charge < -0.3 is 14.2 Å². The summed E-state index contributed by atoms with van der Waals surface area (Å²) in [6, 6.07) is 8.01. The van der Waals surface area contributed by atoms with E-state index in [1.54, 1.807) is 18.3 Å². The van der Waals surface area contributed by atoms with Gasteiger partial charge in [0.25, 0.3) is 5.91 Å². The fourth-order valence-electron chi connectivity index (χ4n) is 3.78. The van der Waals surface area contributed by atoms with E-state index in [0.29, 0.717) is 24.4 Å². The molecule has 4 heterocycles. The van der Waals surface area contributed by atoms with Gasteiger partial charge in [0.15, 0.2) is 10.9 Å². The van der Waals surface area contributed by atoms with Crippen LogP contribution in [-0.4, -0.2) is 47.2 Å². The van der Waals surface area contributed by atoms with E-state index in [1.807, 2.05) is 24.1 Å². The first-order valence-corrected chi connectivity index (χ1v) is 9.42. The molecule has 25 heavy (non-hydrogen) atoms. The molecule has 0 unspecified atom stereocenters. The SMILES string of the molecule is CSc1cc(C)c(C(=O)N2C[C@@H]3C[C@H]2CN3c2ncccc2C#N)o1. The van der Waals surface area contributed by atoms with Gasteiger partial charge >= 0.3 is 0 Å². The van der Waals surface area contributed by atoms with Crippen molar-refractivity contribution >= 4 is 23.5 Å². The first-order chi connectivity index (χ1) is 12.1. The van der Waals surface area contributed by atoms with Gasteiger partial charge in [0.1, 0.15) is 11.9 Å². The predicted octanol–water partition coefficient (Wildman–Crippen LogP) is 2.68. The Morgan fingerprint density at radius 2 is 2.28 bits per heavy atom. The van der Waals surface area contributed by atoms with E-state index in [4.69, 9.17) is 4.42 Å². The Bertz CT molecular complexity index is 872. The zero-order valence-corrected chi connectivity index (χ0v) is 14.9. The summed E-state index contributed by atoms with van der Waals surface area (Å²) in [5.74, 6) is 1.13. The zero-order chi connectivity index (χ0) is 17.6. The highest BCUT2D eigenvalue weighted by Gasteiger charge is 2.47. The number of carbonyl (C=O) groups excluding carboxylic acids is 1. The summed E-state index contributed by atoms with van der Waals surface area (Å²) in [7, 11) is 0. The van der Waals surface area contributed by atoms with Crippen molar-refractivity contribution in [2.24, 2.45) is 0 Å². The van der Waals surface area contributed by atoms with Crippen LogP contribution in [0.3, 0.4) is 0 Å². The van der Waals surface area contributed by atoms with Gasteiger partial charge in [-0.2, -0.15) is 5.26 Å². The molecule has 2 bridgehead atoms. The van der Waals surface area contributed by atoms with Gasteiger partial charge in [-0.25, -0.2) is 4.98 Å². The second-order valence-electron chi connectivity index (χ2n) is 6.42. The van der Waals surface area contributed by atoms with Crippen molar-refractivity contribution in [3.63, 3.8) is 0 Å². The van der Waals surface area contributed by atoms with Gasteiger partial charge in [-0.1, -0.05) is 11.8 Å². The number of aryl methyl sites for hydroxylation is 1. The van der Waals surface area contributed by atoms with Crippen molar-refractivity contribution in [2.75, 3.05) is 24.2 Å². The third-order valence-corrected chi connectivity index (χ3v) is 5.57. The molecule has 2 aliphatic rings. The van der Waals surface area contributed by atoms with Crippen molar-refractivity contribution in [3.8, 4) is 6.07 Å². The molecule has 6 nitrogen and oxygen atoms in total. The minimum Gasteiger partial charge on any atom is -0.444 e. The van der Waals surface area contributed by atoms with Crippen LogP contribution < -0.4 is 4.90 Å². The third-order valence-electron chi connectivity index (χ3n) is 4.97. The van der Waals surface area contributed by atoms with Crippen molar-refractivity contribution in [1.29, 1.82) is 5.26 Å². The van der Waals surface area contributed by atoms with E-state index >= 15 is 0 Å². The molecule has 2 aromatic heterocycles. The molecule has 2 atom stereocenters. The fraction of sp³-hybridized carbons (Fsp3) is 0.389. The number of amides is 1. The van der Waals surface area contributed by atoms with Gasteiger partial charge in [0.05, 0.1) is 17.6 Å². The molecule has 0 aromatic carbocycles. The summed E-state index contributed by atoms with van der Waals surface area (Å²) < 4.78 is 5.70. The molecule has 2 aromatic rings. The number of hydrogen-bond acceptors (Lipinski definition) is 6. The molecule has 2 fully saturated rings. The average Bonchev–Trinajstić information content (AvgIpc) is 3.34. The molecule has 1 amide bonds. The van der Waals surface area contributed by atoms with Gasteiger partial charge in [-0.3, -0.25) is 4.79 Å². The van der Waals surface area contributed by atoms with Crippen molar-refractivity contribution < 1.29 is 9.21 Å². The number of nitriles is 1. The highest BCUT2D eigenvalue weighted by Crippen LogP contribution is 2.36. The van der Waals surface area contributed by atoms with E-state index in [2.05, 4.69) is 16.0 Å². The molecule has 2 saturated heterocycles. The van der Waals surface area contributed by atoms with Crippen molar-refractivity contribution in [2.45, 2.75) is 30.5 Å². The predicted molar refractivity (Wildman–Crippen MR) is 94.8 cm³/mol. The molecule has 128 valence electrons. The normalized spacial score (nSPS) is 21.6. The zero-order valence-electron chi connectivity index (χ0n) is 14.1. The van der Waals surface area contributed by atoms with Crippen LogP contribution in [0.25, 0.3) is 0 Å². The monoisotopic (exact) mass is 354 g/mol. The van der Waals surface area contributed by atoms with Gasteiger partial charge in [0, 0.05) is 24.8 Å². The number of hydrogen-bond donors (Lipinski definition) is 0. The Kier molecular flexibility index (Phi) is 3.92. The lowest BCUT2D eigenvalue weighted by atomic mass is 10.2. The molecule has 0 saturated carbocycles. The van der Waals surface area contributed by atoms with E-state index in [-0.39, 0.29) is 18.0 Å². The lowest BCUT2D eigenvalue weighted by Crippen LogP contribution is -2.49. The second-order valence-corrected chi connectivity index (χ2v) is 7.23. The smallest absolute Gasteiger partial charge is 0.290 e. The molecule has 0 N–H and O–H groups in total. The number of fused-ring (bicyclic) bond motifs is 2. The maximum absolute atomic E-state index is 12.9. The summed E-state index contributed by atoms with van der Waals surface area (Å²) in [5.41, 5.74) is 1.46. The van der Waals surface area contributed by atoms with Crippen LogP contribution in [0.4, 0.5) is 5.82 Å². The van der Waals surface area contributed by atoms with Gasteiger partial charge in [-0.05, 0) is 37.8 Å². The minimum absolute atomic E-state index is 0.0357. The van der Waals surface area contributed by atoms with Crippen LogP contribution in [0.1, 0.15) is 28.1 Å². The van der Waals surface area contributed by atoms with Crippen LogP contribution in [0.15, 0.2) is 33.9 Å². The molecule has 4 rings (SSSR count). The molecule has 7 heteroatoms. The lowest BCUT2D eigenvalue weighted by Gasteiger charge is -2.34. The van der Waals surface area contributed by atoms with Crippen molar-refractivity contribution in [3.05, 3.63) is 41.3 Å². The highest BCUT2D eigenvalue weighted by molar-refractivity contribution is 7.98. The number of thioether (sulfide) groups is 1. The van der Waals surface area contributed by atoms with Crippen LogP contribution in [0, 0.1) is 18.3 Å². The fourth-order valence-corrected chi connectivity index (χ4v) is 4.25. The molecule has 0 aliphatic carbocycles. The molecule has 0 spiro atoms. The molecule has 2 aliphatic heterocycles. The number of pyridine rings is 1. The number of likely N-dealkylation sites (tertiary alicyclic amines) is 1. The second kappa shape index (κ2) is 6.12. The minimum atomic E-state index is -0.0357. The summed E-state index contributed by atoms with van der Waals surface area (Å²) in [4.78, 5) is 21.3. The number of nitrogens with zero attached hydrogens (tertiary/aromatic N) is 4. The van der Waals surface area contributed by atoms with Gasteiger partial charge in [0.2, 0.25) is 0 Å². The highest BCUT2D eigenvalue weighted by atomic mass is 32.2. The van der Waals surface area contributed by atoms with Crippen LogP contribution in [0.2, 0.25) is 0 Å². The van der Waals surface area contributed by atoms with E-state index in [1.165, 1.54) is 11.8 Å². The Hall–Kier alpha value is -2.46. The number of piperazine rings is 1. The van der Waals surface area contributed by atoms with E-state index in [0.717, 1.165) is 22.9 Å². The Morgan fingerprint density at radius 3 is 2.92 bits per heavy atom. The Balaban J connectivity index is 1.54. The molecular formula is C18H18N4O2S. The summed E-state index contributed by atoms with van der Waals surface area (Å²) >= 11 is 1.50. The number of anilines is 1. The van der Waals surface area contributed by atoms with Crippen LogP contribution >= 0.6 is 11.8 Å². The first-order valence-electron chi connectivity index (χ1n) is 8.19. The molecular weight excluding hydrogens is 336 g/mol. The topological polar surface area (TPSA) is 73.4 Å². The number of furan rings is 1. The largest absolute Gasteiger partial charge is 0.444 e. The average molecular weight is 354 g/mol. The maximum Gasteiger partial charge on any atom is 0.290 e. The number of aromatic nitrogens is 1. The standard InChI is InChI=1S/C18H18N4O2S/c1-11-6-15(25-2)24-16(11)18(23)22-10-13-7-14(22)9-21(13)17-12(8-19)4-3-5-20-17/h3-6,13-14H,7,9-10H2,1-2H3/t13-,14-/m0/s1. The first kappa shape index (κ1) is 16.0. The lowest BCUT2D eigenvalue weighted by molar-refractivity contribution is 0.0686. The third kappa shape index (κ3) is 2.57. The maximum atomic E-state index is 12.9.